The number of aromatic nitrogens is 1. The number of alkyl halides is 4. The van der Waals surface area contributed by atoms with Crippen LogP contribution in [-0.2, 0) is 114 Å². The number of nitrogens with zero attached hydrogens (tertiary/aromatic N) is 1. The van der Waals surface area contributed by atoms with E-state index in [1.807, 2.05) is 0 Å². The van der Waals surface area contributed by atoms with Gasteiger partial charge in [-0.05, 0) is 25.7 Å². The number of hydrogen-bond acceptors (Lipinski definition) is 24. The first-order valence-corrected chi connectivity index (χ1v) is 33.6. The Balaban J connectivity index is 0.888. The van der Waals surface area contributed by atoms with E-state index >= 15 is 0 Å². The number of carbonyl (C=O) groups excluding carboxylic acids is 4. The van der Waals surface area contributed by atoms with Gasteiger partial charge in [-0.2, -0.15) is 17.6 Å². The normalized spacial score (nSPS) is 16.8. The molecule has 26 nitrogen and oxygen atoms in total. The van der Waals surface area contributed by atoms with Gasteiger partial charge in [0.25, 0.3) is 0 Å². The Labute approximate surface area is 591 Å². The summed E-state index contributed by atoms with van der Waals surface area (Å²) in [4.78, 5) is 51.2. The first kappa shape index (κ1) is 88.4. The maximum atomic E-state index is 14.4. The second-order valence-electron chi connectivity index (χ2n) is 23.0. The van der Waals surface area contributed by atoms with E-state index in [4.69, 9.17) is 71.1 Å². The summed E-state index contributed by atoms with van der Waals surface area (Å²) in [6.07, 6.45) is -13.5. The molecule has 1 amide bonds. The molecule has 2 aromatic carbocycles. The lowest BCUT2D eigenvalue weighted by atomic mass is 9.91. The van der Waals surface area contributed by atoms with Gasteiger partial charge in [0.15, 0.2) is 53.5 Å². The van der Waals surface area contributed by atoms with Crippen molar-refractivity contribution in [2.45, 2.75) is 101 Å². The molecule has 4 atom stereocenters. The van der Waals surface area contributed by atoms with Crippen molar-refractivity contribution in [3.8, 4) is 23.3 Å². The molecule has 0 aliphatic heterocycles. The van der Waals surface area contributed by atoms with E-state index < -0.39 is 190 Å². The molecule has 38 heteroatoms. The van der Waals surface area contributed by atoms with Gasteiger partial charge in [0, 0.05) is 36.1 Å². The summed E-state index contributed by atoms with van der Waals surface area (Å²) in [5.74, 6) is -24.2. The Hall–Kier alpha value is -6.24. The number of nitrogens with one attached hydrogen (secondary N) is 1. The second kappa shape index (κ2) is 50.3. The average Bonchev–Trinajstić information content (AvgIpc) is 1.63. The molecule has 1 heterocycles. The lowest BCUT2D eigenvalue weighted by molar-refractivity contribution is -0.169. The zero-order valence-corrected chi connectivity index (χ0v) is 57.2. The van der Waals surface area contributed by atoms with Crippen LogP contribution in [0.3, 0.4) is 0 Å². The molecule has 1 aromatic heterocycles. The van der Waals surface area contributed by atoms with E-state index in [0.29, 0.717) is 119 Å². The molecule has 0 radical (unpaired) electrons. The van der Waals surface area contributed by atoms with Crippen LogP contribution in [0, 0.1) is 46.5 Å². The number of carbonyl (C=O) groups is 4. The lowest BCUT2D eigenvalue weighted by Gasteiger charge is -2.34. The van der Waals surface area contributed by atoms with E-state index in [2.05, 4.69) is 19.5 Å². The molecular formula is C66H90F12N2O24. The fourth-order valence-electron chi connectivity index (χ4n) is 9.75. The summed E-state index contributed by atoms with van der Waals surface area (Å²) in [5, 5.41) is 23.4. The number of halogens is 12. The highest BCUT2D eigenvalue weighted by molar-refractivity contribution is 5.77. The number of ether oxygens (including phenoxy) is 18. The minimum atomic E-state index is -2.72. The molecule has 4 unspecified atom stereocenters. The Morgan fingerprint density at radius 2 is 0.673 bits per heavy atom. The van der Waals surface area contributed by atoms with Crippen molar-refractivity contribution in [3.63, 3.8) is 0 Å². The average molecular weight is 1520 g/mol. The van der Waals surface area contributed by atoms with Gasteiger partial charge in [0.2, 0.25) is 40.7 Å². The highest BCUT2D eigenvalue weighted by Gasteiger charge is 2.49. The summed E-state index contributed by atoms with van der Waals surface area (Å²) in [6.45, 7) is 2.68. The van der Waals surface area contributed by atoms with Crippen LogP contribution >= 0.6 is 0 Å². The van der Waals surface area contributed by atoms with Gasteiger partial charge in [0.05, 0.1) is 224 Å². The zero-order valence-electron chi connectivity index (χ0n) is 57.2. The molecule has 0 spiro atoms. The van der Waals surface area contributed by atoms with Crippen molar-refractivity contribution in [2.24, 2.45) is 0 Å². The maximum absolute atomic E-state index is 14.4. The van der Waals surface area contributed by atoms with Crippen molar-refractivity contribution < 1.29 is 167 Å². The first-order chi connectivity index (χ1) is 50.1. The van der Waals surface area contributed by atoms with Gasteiger partial charge in [-0.1, -0.05) is 0 Å². The molecule has 0 saturated heterocycles. The molecule has 0 bridgehead atoms. The minimum absolute atomic E-state index is 0.0366. The smallest absolute Gasteiger partial charge is 0.313 e. The fraction of sp³-hybridized carbons (Fsp3) is 0.697. The molecule has 3 N–H and O–H groups in total. The zero-order chi connectivity index (χ0) is 75.5. The number of fused-ring (bicyclic) bond motifs is 1. The van der Waals surface area contributed by atoms with Crippen LogP contribution in [0.25, 0.3) is 0 Å². The van der Waals surface area contributed by atoms with E-state index in [9.17, 15) is 82.1 Å². The van der Waals surface area contributed by atoms with Gasteiger partial charge in [-0.25, -0.2) is 35.1 Å². The first-order valence-electron chi connectivity index (χ1n) is 33.6. The van der Waals surface area contributed by atoms with Crippen molar-refractivity contribution in [1.82, 2.24) is 9.88 Å². The molecule has 1 saturated carbocycles. The number of hydrogen-bond donors (Lipinski definition) is 3. The van der Waals surface area contributed by atoms with Crippen molar-refractivity contribution >= 4 is 23.8 Å². The maximum Gasteiger partial charge on any atom is 0.313 e. The Kier molecular flexibility index (Phi) is 42.8. The molecule has 592 valence electrons. The highest BCUT2D eigenvalue weighted by Crippen LogP contribution is 2.39. The fourth-order valence-corrected chi connectivity index (χ4v) is 9.75. The summed E-state index contributed by atoms with van der Waals surface area (Å²) >= 11 is 0. The molecule has 1 fully saturated rings. The van der Waals surface area contributed by atoms with Gasteiger partial charge in [0.1, 0.15) is 17.9 Å². The van der Waals surface area contributed by atoms with Crippen LogP contribution in [0.2, 0.25) is 0 Å². The summed E-state index contributed by atoms with van der Waals surface area (Å²) < 4.78 is 267. The monoisotopic (exact) mass is 1520 g/mol. The van der Waals surface area contributed by atoms with Gasteiger partial charge in [-0.15, -0.1) is 0 Å². The summed E-state index contributed by atoms with van der Waals surface area (Å²) in [6, 6.07) is -0.282. The number of benzene rings is 2. The molecule has 2 aliphatic rings. The van der Waals surface area contributed by atoms with E-state index in [1.165, 1.54) is 4.57 Å². The molecule has 2 aliphatic carbocycles. The van der Waals surface area contributed by atoms with Crippen LogP contribution in [0.15, 0.2) is 12.1 Å². The van der Waals surface area contributed by atoms with Crippen LogP contribution < -0.4 is 14.8 Å². The third-order valence-electron chi connectivity index (χ3n) is 15.0. The van der Waals surface area contributed by atoms with Crippen LogP contribution in [0.1, 0.15) is 56.1 Å². The molecule has 104 heavy (non-hydrogen) atoms. The summed E-state index contributed by atoms with van der Waals surface area (Å²) in [7, 11) is 0. The van der Waals surface area contributed by atoms with E-state index in [1.54, 1.807) is 0 Å². The lowest BCUT2D eigenvalue weighted by Crippen LogP contribution is -2.59. The van der Waals surface area contributed by atoms with Gasteiger partial charge in [-0.3, -0.25) is 23.7 Å². The number of esters is 3. The predicted molar refractivity (Wildman–Crippen MR) is 334 cm³/mol. The Morgan fingerprint density at radius 1 is 0.394 bits per heavy atom. The number of aromatic hydroxyl groups is 2. The largest absolute Gasteiger partial charge is 0.494 e. The number of amides is 1. The SMILES string of the molecule is O=C(CCOCCOCCOCCOCCOCCOCCOCCOCCOCCOCCOCCOCCn1c(O)c2c(c1O)CCCC2)NC(COCCC(=O)Oc1c(F)c(F)cc(F)c1F)(COCCC(=O)Oc1c(F)c(F)cc(F)c1F)COCCC(=O)OC1C(F)C(F)CC(F)C1F. The Morgan fingerprint density at radius 3 is 0.990 bits per heavy atom. The van der Waals surface area contributed by atoms with E-state index in [-0.39, 0.29) is 70.1 Å². The standard InChI is InChI=1S/C66H90F12N2O24/c67-45-37-46(68)56(74)61(55(45)73)102-52(82)6-11-99-40-66(41-100-12-7-53(83)103-62-57(75)47(69)38-48(70)58(62)76,42-101-13-8-54(84)104-63-59(77)49(71)39-50(72)60(63)78)79-51(81)5-10-87-15-17-89-19-21-91-23-25-93-27-29-95-31-33-97-35-36-98-34-32-96-30-28-94-26-24-92-22-20-90-18-16-88-14-9-80-64(85)43-3-1-2-4-44(43)65(80)86/h37-38,49-50,59-60,63,85-86H,1-36,39-42H2,(H,79,81). The van der Waals surface area contributed by atoms with Crippen molar-refractivity contribution in [2.75, 3.05) is 198 Å². The van der Waals surface area contributed by atoms with Gasteiger partial charge < -0.3 is 101 Å². The quantitative estimate of drug-likeness (QED) is 0.0180. The van der Waals surface area contributed by atoms with Crippen LogP contribution in [0.5, 0.6) is 23.3 Å². The summed E-state index contributed by atoms with van der Waals surface area (Å²) in [5.41, 5.74) is -0.329. The topological polar surface area (TPSA) is 292 Å². The molecular weight excluding hydrogens is 1430 g/mol. The van der Waals surface area contributed by atoms with Crippen molar-refractivity contribution in [3.05, 3.63) is 69.8 Å². The molecule has 5 rings (SSSR count). The van der Waals surface area contributed by atoms with Gasteiger partial charge >= 0.3 is 17.9 Å². The Bertz CT molecular complexity index is 2820. The third-order valence-corrected chi connectivity index (χ3v) is 15.0. The van der Waals surface area contributed by atoms with Crippen LogP contribution in [-0.4, -0.2) is 273 Å². The van der Waals surface area contributed by atoms with E-state index in [0.717, 1.165) is 36.8 Å². The predicted octanol–water partition coefficient (Wildman–Crippen LogP) is 6.43. The number of rotatable bonds is 58. The van der Waals surface area contributed by atoms with Crippen molar-refractivity contribution in [1.29, 1.82) is 0 Å². The third kappa shape index (κ3) is 32.5. The minimum Gasteiger partial charge on any atom is -0.494 e. The highest BCUT2D eigenvalue weighted by atomic mass is 19.2. The van der Waals surface area contributed by atoms with Crippen LogP contribution in [0.4, 0.5) is 52.7 Å². The molecule has 3 aromatic rings. The second-order valence-corrected chi connectivity index (χ2v) is 23.0.